The number of amides is 2. The molecule has 1 saturated heterocycles. The Balaban J connectivity index is 1.76. The Bertz CT molecular complexity index is 554. The average molecular weight is 370 g/mol. The summed E-state index contributed by atoms with van der Waals surface area (Å²) in [6.07, 6.45) is 3.77. The highest BCUT2D eigenvalue weighted by Gasteiger charge is 2.29. The van der Waals surface area contributed by atoms with Crippen LogP contribution in [0.1, 0.15) is 45.2 Å². The number of carbonyl (C=O) groups excluding carboxylic acids is 2. The summed E-state index contributed by atoms with van der Waals surface area (Å²) < 4.78 is 0. The smallest absolute Gasteiger partial charge is 0.235 e. The van der Waals surface area contributed by atoms with Crippen molar-refractivity contribution in [1.82, 2.24) is 9.88 Å². The van der Waals surface area contributed by atoms with E-state index in [1.807, 2.05) is 24.1 Å². The second-order valence-corrected chi connectivity index (χ2v) is 8.56. The zero-order chi connectivity index (χ0) is 17.5. The van der Waals surface area contributed by atoms with Crippen molar-refractivity contribution >= 4 is 40.0 Å². The van der Waals surface area contributed by atoms with Gasteiger partial charge in [0, 0.05) is 24.4 Å². The van der Waals surface area contributed by atoms with Gasteiger partial charge in [-0.15, -0.1) is 23.1 Å². The number of unbranched alkanes of at least 4 members (excludes halogenated alkanes) is 1. The predicted molar refractivity (Wildman–Crippen MR) is 102 cm³/mol. The number of aryl methyl sites for hydroxylation is 1. The Labute approximate surface area is 152 Å². The molecular formula is C17H27N3O2S2. The first-order valence-electron chi connectivity index (χ1n) is 8.64. The maximum absolute atomic E-state index is 12.5. The van der Waals surface area contributed by atoms with Gasteiger partial charge in [-0.2, -0.15) is 0 Å². The Morgan fingerprint density at radius 1 is 1.46 bits per heavy atom. The third-order valence-electron chi connectivity index (χ3n) is 4.24. The van der Waals surface area contributed by atoms with Crippen molar-refractivity contribution < 1.29 is 9.59 Å². The molecule has 1 aromatic rings. The predicted octanol–water partition coefficient (Wildman–Crippen LogP) is 3.55. The van der Waals surface area contributed by atoms with E-state index >= 15 is 0 Å². The molecule has 2 rings (SSSR count). The zero-order valence-corrected chi connectivity index (χ0v) is 16.3. The lowest BCUT2D eigenvalue weighted by Gasteiger charge is -2.32. The number of piperidine rings is 1. The van der Waals surface area contributed by atoms with Gasteiger partial charge in [0.2, 0.25) is 11.8 Å². The van der Waals surface area contributed by atoms with E-state index in [0.29, 0.717) is 18.2 Å². The minimum Gasteiger partial charge on any atom is -0.342 e. The highest BCUT2D eigenvalue weighted by Crippen LogP contribution is 2.23. The van der Waals surface area contributed by atoms with Crippen LogP contribution in [0.5, 0.6) is 0 Å². The maximum Gasteiger partial charge on any atom is 0.235 e. The van der Waals surface area contributed by atoms with Crippen molar-refractivity contribution in [2.24, 2.45) is 5.92 Å². The Kier molecular flexibility index (Phi) is 7.55. The van der Waals surface area contributed by atoms with Crippen molar-refractivity contribution in [2.75, 3.05) is 24.2 Å². The molecule has 1 N–H and O–H groups in total. The lowest BCUT2D eigenvalue weighted by molar-refractivity contribution is -0.133. The highest BCUT2D eigenvalue weighted by molar-refractivity contribution is 8.00. The number of hydrogen-bond acceptors (Lipinski definition) is 5. The lowest BCUT2D eigenvalue weighted by Crippen LogP contribution is -2.44. The molecule has 7 heteroatoms. The van der Waals surface area contributed by atoms with Crippen LogP contribution in [0.4, 0.5) is 5.13 Å². The van der Waals surface area contributed by atoms with Crippen LogP contribution in [0.15, 0.2) is 5.38 Å². The lowest BCUT2D eigenvalue weighted by atomic mass is 9.96. The van der Waals surface area contributed by atoms with E-state index in [4.69, 9.17) is 0 Å². The molecule has 134 valence electrons. The van der Waals surface area contributed by atoms with Gasteiger partial charge in [-0.25, -0.2) is 4.98 Å². The van der Waals surface area contributed by atoms with E-state index in [-0.39, 0.29) is 23.0 Å². The molecule has 0 aromatic carbocycles. The van der Waals surface area contributed by atoms with E-state index in [1.54, 1.807) is 11.8 Å². The van der Waals surface area contributed by atoms with Gasteiger partial charge in [-0.1, -0.05) is 13.3 Å². The van der Waals surface area contributed by atoms with Crippen LogP contribution in [-0.2, 0) is 9.59 Å². The number of nitrogens with zero attached hydrogens (tertiary/aromatic N) is 2. The molecule has 1 aliphatic rings. The molecule has 0 saturated carbocycles. The van der Waals surface area contributed by atoms with Crippen molar-refractivity contribution in [3.05, 3.63) is 11.1 Å². The minimum absolute atomic E-state index is 0.0141. The second kappa shape index (κ2) is 9.42. The van der Waals surface area contributed by atoms with Gasteiger partial charge in [0.25, 0.3) is 0 Å². The van der Waals surface area contributed by atoms with Gasteiger partial charge in [0.1, 0.15) is 0 Å². The first-order valence-corrected chi connectivity index (χ1v) is 10.6. The van der Waals surface area contributed by atoms with Crippen molar-refractivity contribution in [3.63, 3.8) is 0 Å². The standard InChI is InChI=1S/C17H27N3O2S2/c1-4-5-10-23-13(3)16(22)20-8-6-14(7-9-20)15(21)19-17-18-12(2)11-24-17/h11,13-14H,4-10H2,1-3H3,(H,18,19,21). The molecule has 1 aliphatic heterocycles. The molecule has 0 bridgehead atoms. The van der Waals surface area contributed by atoms with E-state index in [0.717, 1.165) is 37.1 Å². The quantitative estimate of drug-likeness (QED) is 0.747. The minimum atomic E-state index is -0.0266. The second-order valence-electron chi connectivity index (χ2n) is 6.25. The molecule has 5 nitrogen and oxygen atoms in total. The number of rotatable bonds is 7. The third-order valence-corrected chi connectivity index (χ3v) is 6.34. The summed E-state index contributed by atoms with van der Waals surface area (Å²) >= 11 is 3.19. The summed E-state index contributed by atoms with van der Waals surface area (Å²) in [6.45, 7) is 7.41. The summed E-state index contributed by atoms with van der Waals surface area (Å²) in [5.41, 5.74) is 0.922. The number of hydrogen-bond donors (Lipinski definition) is 1. The zero-order valence-electron chi connectivity index (χ0n) is 14.7. The average Bonchev–Trinajstić information content (AvgIpc) is 2.99. The van der Waals surface area contributed by atoms with Crippen molar-refractivity contribution in [3.8, 4) is 0 Å². The molecule has 24 heavy (non-hydrogen) atoms. The topological polar surface area (TPSA) is 62.3 Å². The molecule has 0 aliphatic carbocycles. The molecule has 1 atom stereocenters. The first kappa shape index (κ1) is 19.2. The molecule has 1 unspecified atom stereocenters. The van der Waals surface area contributed by atoms with E-state index in [1.165, 1.54) is 11.3 Å². The van der Waals surface area contributed by atoms with Crippen LogP contribution in [-0.4, -0.2) is 45.8 Å². The van der Waals surface area contributed by atoms with Crippen LogP contribution < -0.4 is 5.32 Å². The van der Waals surface area contributed by atoms with Crippen molar-refractivity contribution in [2.45, 2.75) is 51.7 Å². The fourth-order valence-electron chi connectivity index (χ4n) is 2.71. The van der Waals surface area contributed by atoms with Crippen molar-refractivity contribution in [1.29, 1.82) is 0 Å². The molecule has 0 spiro atoms. The van der Waals surface area contributed by atoms with Crippen LogP contribution in [0, 0.1) is 12.8 Å². The molecule has 1 fully saturated rings. The number of carbonyl (C=O) groups is 2. The van der Waals surface area contributed by atoms with Gasteiger partial charge < -0.3 is 10.2 Å². The summed E-state index contributed by atoms with van der Waals surface area (Å²) in [4.78, 5) is 31.0. The Morgan fingerprint density at radius 3 is 2.75 bits per heavy atom. The van der Waals surface area contributed by atoms with Gasteiger partial charge in [0.05, 0.1) is 10.9 Å². The molecule has 0 radical (unpaired) electrons. The normalized spacial score (nSPS) is 16.9. The van der Waals surface area contributed by atoms with E-state index in [9.17, 15) is 9.59 Å². The van der Waals surface area contributed by atoms with Gasteiger partial charge in [-0.05, 0) is 38.9 Å². The molecule has 2 amide bonds. The van der Waals surface area contributed by atoms with Gasteiger partial charge in [-0.3, -0.25) is 9.59 Å². The first-order chi connectivity index (χ1) is 11.5. The van der Waals surface area contributed by atoms with E-state index in [2.05, 4.69) is 17.2 Å². The highest BCUT2D eigenvalue weighted by atomic mass is 32.2. The summed E-state index contributed by atoms with van der Waals surface area (Å²) in [6, 6.07) is 0. The number of aromatic nitrogens is 1. The number of anilines is 1. The maximum atomic E-state index is 12.5. The number of likely N-dealkylation sites (tertiary alicyclic amines) is 1. The SMILES string of the molecule is CCCCSC(C)C(=O)N1CCC(C(=O)Nc2nc(C)cs2)CC1. The van der Waals surface area contributed by atoms with Crippen LogP contribution in [0.3, 0.4) is 0 Å². The van der Waals surface area contributed by atoms with Gasteiger partial charge >= 0.3 is 0 Å². The fraction of sp³-hybridized carbons (Fsp3) is 0.706. The summed E-state index contributed by atoms with van der Waals surface area (Å²) in [7, 11) is 0. The fourth-order valence-corrected chi connectivity index (χ4v) is 4.51. The Morgan fingerprint density at radius 2 is 2.17 bits per heavy atom. The summed E-state index contributed by atoms with van der Waals surface area (Å²) in [5.74, 6) is 1.25. The number of thioether (sulfide) groups is 1. The molecule has 2 heterocycles. The summed E-state index contributed by atoms with van der Waals surface area (Å²) in [5, 5.41) is 5.50. The third kappa shape index (κ3) is 5.48. The largest absolute Gasteiger partial charge is 0.342 e. The van der Waals surface area contributed by atoms with Crippen LogP contribution in [0.25, 0.3) is 0 Å². The number of nitrogens with one attached hydrogen (secondary N) is 1. The monoisotopic (exact) mass is 369 g/mol. The van der Waals surface area contributed by atoms with E-state index < -0.39 is 0 Å². The molecular weight excluding hydrogens is 342 g/mol. The number of thiazole rings is 1. The Hall–Kier alpha value is -1.08. The van der Waals surface area contributed by atoms with Crippen LogP contribution >= 0.6 is 23.1 Å². The van der Waals surface area contributed by atoms with Gasteiger partial charge in [0.15, 0.2) is 5.13 Å². The van der Waals surface area contributed by atoms with Crippen LogP contribution in [0.2, 0.25) is 0 Å². The molecule has 1 aromatic heterocycles.